The van der Waals surface area contributed by atoms with Crippen molar-refractivity contribution < 1.29 is 9.90 Å². The molecular formula is C17H21N3O2S. The number of nitrogens with zero attached hydrogens (tertiary/aromatic N) is 2. The molecule has 1 fully saturated rings. The Morgan fingerprint density at radius 3 is 2.78 bits per heavy atom. The number of aliphatic hydroxyl groups is 1. The summed E-state index contributed by atoms with van der Waals surface area (Å²) in [6.07, 6.45) is 5.90. The molecule has 0 spiro atoms. The molecule has 0 bridgehead atoms. The largest absolute Gasteiger partial charge is 0.393 e. The molecule has 1 amide bonds. The van der Waals surface area contributed by atoms with Gasteiger partial charge in [0.1, 0.15) is 0 Å². The summed E-state index contributed by atoms with van der Waals surface area (Å²) in [7, 11) is 0. The molecule has 0 aromatic carbocycles. The number of aliphatic hydroxyl groups excluding tert-OH is 1. The Balaban J connectivity index is 1.62. The van der Waals surface area contributed by atoms with Gasteiger partial charge in [0.05, 0.1) is 23.2 Å². The Morgan fingerprint density at radius 2 is 2.17 bits per heavy atom. The Hall–Kier alpha value is -1.79. The van der Waals surface area contributed by atoms with E-state index in [2.05, 4.69) is 15.3 Å². The van der Waals surface area contributed by atoms with Crippen LogP contribution in [0.5, 0.6) is 0 Å². The van der Waals surface area contributed by atoms with Gasteiger partial charge in [-0.05, 0) is 49.8 Å². The van der Waals surface area contributed by atoms with Gasteiger partial charge in [0.2, 0.25) is 5.91 Å². The molecular weight excluding hydrogens is 310 g/mol. The summed E-state index contributed by atoms with van der Waals surface area (Å²) >= 11 is 1.56. The number of thiazole rings is 1. The fourth-order valence-corrected chi connectivity index (χ4v) is 3.59. The molecule has 23 heavy (non-hydrogen) atoms. The summed E-state index contributed by atoms with van der Waals surface area (Å²) in [5, 5.41) is 15.6. The average Bonchev–Trinajstić information content (AvgIpc) is 2.89. The first-order chi connectivity index (χ1) is 11.1. The number of nitrogens with one attached hydrogen (secondary N) is 1. The van der Waals surface area contributed by atoms with Crippen molar-refractivity contribution in [2.45, 2.75) is 44.8 Å². The molecule has 1 atom stereocenters. The molecule has 1 aliphatic carbocycles. The Labute approximate surface area is 139 Å². The van der Waals surface area contributed by atoms with E-state index in [9.17, 15) is 9.90 Å². The Kier molecular flexibility index (Phi) is 5.03. The van der Waals surface area contributed by atoms with Gasteiger partial charge in [0, 0.05) is 23.8 Å². The highest BCUT2D eigenvalue weighted by Crippen LogP contribution is 2.31. The van der Waals surface area contributed by atoms with Gasteiger partial charge >= 0.3 is 0 Å². The van der Waals surface area contributed by atoms with Crippen molar-refractivity contribution in [2.24, 2.45) is 5.92 Å². The van der Waals surface area contributed by atoms with Gasteiger partial charge in [-0.1, -0.05) is 0 Å². The summed E-state index contributed by atoms with van der Waals surface area (Å²) in [6, 6.07) is 3.99. The van der Waals surface area contributed by atoms with Crippen LogP contribution in [0.15, 0.2) is 29.9 Å². The lowest BCUT2D eigenvalue weighted by Crippen LogP contribution is -2.48. The van der Waals surface area contributed by atoms with Crippen molar-refractivity contribution >= 4 is 17.2 Å². The molecule has 2 aromatic heterocycles. The van der Waals surface area contributed by atoms with Crippen LogP contribution in [0.2, 0.25) is 0 Å². The van der Waals surface area contributed by atoms with Crippen LogP contribution < -0.4 is 5.32 Å². The third-order valence-electron chi connectivity index (χ3n) is 4.28. The summed E-state index contributed by atoms with van der Waals surface area (Å²) in [5.74, 6) is 0.329. The smallest absolute Gasteiger partial charge is 0.226 e. The van der Waals surface area contributed by atoms with Crippen LogP contribution in [0.25, 0.3) is 0 Å². The fraction of sp³-hybridized carbons (Fsp3) is 0.471. The predicted molar refractivity (Wildman–Crippen MR) is 89.2 cm³/mol. The quantitative estimate of drug-likeness (QED) is 0.847. The molecule has 3 rings (SSSR count). The third-order valence-corrected chi connectivity index (χ3v) is 5.10. The van der Waals surface area contributed by atoms with Crippen molar-refractivity contribution in [3.8, 4) is 0 Å². The van der Waals surface area contributed by atoms with Crippen molar-refractivity contribution in [2.75, 3.05) is 0 Å². The lowest BCUT2D eigenvalue weighted by Gasteiger charge is -2.38. The second-order valence-corrected chi connectivity index (χ2v) is 7.22. The molecule has 122 valence electrons. The van der Waals surface area contributed by atoms with Crippen molar-refractivity contribution in [3.63, 3.8) is 0 Å². The van der Waals surface area contributed by atoms with E-state index in [1.807, 2.05) is 24.4 Å². The number of rotatable bonds is 6. The predicted octanol–water partition coefficient (Wildman–Crippen LogP) is 1.89. The minimum absolute atomic E-state index is 0.00394. The number of pyridine rings is 1. The normalized spacial score (nSPS) is 21.5. The first kappa shape index (κ1) is 16.1. The van der Waals surface area contributed by atoms with Gasteiger partial charge in [0.15, 0.2) is 0 Å². The average molecular weight is 331 g/mol. The van der Waals surface area contributed by atoms with Gasteiger partial charge in [-0.3, -0.25) is 9.78 Å². The monoisotopic (exact) mass is 331 g/mol. The highest BCUT2D eigenvalue weighted by molar-refractivity contribution is 7.09. The summed E-state index contributed by atoms with van der Waals surface area (Å²) in [6.45, 7) is 1.94. The maximum atomic E-state index is 12.3. The summed E-state index contributed by atoms with van der Waals surface area (Å²) < 4.78 is 0. The zero-order valence-electron chi connectivity index (χ0n) is 13.1. The molecule has 1 saturated carbocycles. The minimum Gasteiger partial charge on any atom is -0.393 e. The molecule has 0 radical (unpaired) electrons. The number of aryl methyl sites for hydroxylation is 1. The molecule has 0 unspecified atom stereocenters. The van der Waals surface area contributed by atoms with Crippen molar-refractivity contribution in [1.82, 2.24) is 15.3 Å². The number of aromatic nitrogens is 2. The van der Waals surface area contributed by atoms with Gasteiger partial charge < -0.3 is 10.4 Å². The molecule has 0 saturated heterocycles. The zero-order chi connectivity index (χ0) is 16.2. The Bertz CT molecular complexity index is 653. The molecule has 2 heterocycles. The van der Waals surface area contributed by atoms with E-state index in [1.54, 1.807) is 23.7 Å². The molecule has 5 nitrogen and oxygen atoms in total. The number of carbonyl (C=O) groups is 1. The SMILES string of the molecule is Cc1nc(CC(=O)N[C@H](Cc2ccncc2)C2CC(O)C2)cs1. The van der Waals surface area contributed by atoms with Crippen LogP contribution >= 0.6 is 11.3 Å². The van der Waals surface area contributed by atoms with E-state index >= 15 is 0 Å². The molecule has 2 N–H and O–H groups in total. The van der Waals surface area contributed by atoms with Crippen LogP contribution in [-0.4, -0.2) is 33.1 Å². The second kappa shape index (κ2) is 7.19. The number of hydrogen-bond donors (Lipinski definition) is 2. The highest BCUT2D eigenvalue weighted by Gasteiger charge is 2.34. The maximum absolute atomic E-state index is 12.3. The fourth-order valence-electron chi connectivity index (χ4n) is 2.98. The zero-order valence-corrected chi connectivity index (χ0v) is 13.9. The van der Waals surface area contributed by atoms with E-state index in [0.717, 1.165) is 35.5 Å². The number of hydrogen-bond acceptors (Lipinski definition) is 5. The first-order valence-electron chi connectivity index (χ1n) is 7.87. The minimum atomic E-state index is -0.224. The highest BCUT2D eigenvalue weighted by atomic mass is 32.1. The van der Waals surface area contributed by atoms with E-state index in [4.69, 9.17) is 0 Å². The lowest BCUT2D eigenvalue weighted by atomic mass is 9.75. The molecule has 0 aliphatic heterocycles. The standard InChI is InChI=1S/C17H21N3O2S/c1-11-19-14(10-23-11)9-17(22)20-16(13-7-15(21)8-13)6-12-2-4-18-5-3-12/h2-5,10,13,15-16,21H,6-9H2,1H3,(H,20,22)/t13?,15?,16-/m1/s1. The maximum Gasteiger partial charge on any atom is 0.226 e. The molecule has 6 heteroatoms. The van der Waals surface area contributed by atoms with Gasteiger partial charge in [-0.25, -0.2) is 4.98 Å². The second-order valence-electron chi connectivity index (χ2n) is 6.15. The van der Waals surface area contributed by atoms with Crippen molar-refractivity contribution in [1.29, 1.82) is 0 Å². The number of amides is 1. The molecule has 2 aromatic rings. The van der Waals surface area contributed by atoms with E-state index < -0.39 is 0 Å². The lowest BCUT2D eigenvalue weighted by molar-refractivity contribution is -0.122. The van der Waals surface area contributed by atoms with Gasteiger partial charge in [0.25, 0.3) is 0 Å². The van der Waals surface area contributed by atoms with Crippen LogP contribution in [0.3, 0.4) is 0 Å². The van der Waals surface area contributed by atoms with Crippen LogP contribution in [0.1, 0.15) is 29.1 Å². The van der Waals surface area contributed by atoms with Gasteiger partial charge in [-0.15, -0.1) is 11.3 Å². The van der Waals surface area contributed by atoms with Crippen molar-refractivity contribution in [3.05, 3.63) is 46.2 Å². The first-order valence-corrected chi connectivity index (χ1v) is 8.75. The summed E-state index contributed by atoms with van der Waals surface area (Å²) in [4.78, 5) is 20.7. The van der Waals surface area contributed by atoms with E-state index in [1.165, 1.54) is 0 Å². The molecule has 1 aliphatic rings. The van der Waals surface area contributed by atoms with Gasteiger partial charge in [-0.2, -0.15) is 0 Å². The topological polar surface area (TPSA) is 75.1 Å². The number of carbonyl (C=O) groups excluding carboxylic acids is 1. The van der Waals surface area contributed by atoms with Crippen LogP contribution in [-0.2, 0) is 17.6 Å². The Morgan fingerprint density at radius 1 is 1.43 bits per heavy atom. The van der Waals surface area contributed by atoms with E-state index in [0.29, 0.717) is 12.3 Å². The van der Waals surface area contributed by atoms with Crippen LogP contribution in [0.4, 0.5) is 0 Å². The van der Waals surface area contributed by atoms with E-state index in [-0.39, 0.29) is 18.1 Å². The summed E-state index contributed by atoms with van der Waals surface area (Å²) in [5.41, 5.74) is 1.97. The van der Waals surface area contributed by atoms with Crippen LogP contribution in [0, 0.1) is 12.8 Å². The third kappa shape index (κ3) is 4.36.